The molecule has 1 aliphatic heterocycles. The monoisotopic (exact) mass is 276 g/mol. The Hall–Kier alpha value is -1.50. The van der Waals surface area contributed by atoms with E-state index in [2.05, 4.69) is 0 Å². The van der Waals surface area contributed by atoms with Crippen LogP contribution in [0.4, 0.5) is 13.2 Å². The molecule has 0 aliphatic carbocycles. The first-order valence-corrected chi connectivity index (χ1v) is 5.98. The number of hydrogen-bond donors (Lipinski definition) is 1. The second kappa shape index (κ2) is 4.88. The fourth-order valence-electron chi connectivity index (χ4n) is 2.29. The van der Waals surface area contributed by atoms with Gasteiger partial charge >= 0.3 is 6.18 Å². The van der Waals surface area contributed by atoms with Crippen LogP contribution in [0.25, 0.3) is 0 Å². The summed E-state index contributed by atoms with van der Waals surface area (Å²) in [7, 11) is 0. The number of hydrogen-bond acceptors (Lipinski definition) is 3. The Bertz CT molecular complexity index is 470. The molecular weight excluding hydrogens is 261 g/mol. The smallest absolute Gasteiger partial charge is 0.408 e. The molecule has 1 aromatic rings. The maximum absolute atomic E-state index is 13.0. The average Bonchev–Trinajstić information content (AvgIpc) is 2.72. The molecule has 19 heavy (non-hydrogen) atoms. The fraction of sp³-hybridized carbons (Fsp3) is 0.583. The van der Waals surface area contributed by atoms with Crippen molar-refractivity contribution in [3.05, 3.63) is 23.7 Å². The van der Waals surface area contributed by atoms with Crippen molar-refractivity contribution < 1.29 is 22.4 Å². The lowest BCUT2D eigenvalue weighted by atomic mass is 9.97. The maximum Gasteiger partial charge on any atom is 0.408 e. The predicted molar refractivity (Wildman–Crippen MR) is 61.5 cm³/mol. The first-order chi connectivity index (χ1) is 8.80. The van der Waals surface area contributed by atoms with Gasteiger partial charge < -0.3 is 15.1 Å². The Balaban J connectivity index is 2.28. The number of carbonyl (C=O) groups excluding carboxylic acids is 1. The highest BCUT2D eigenvalue weighted by Crippen LogP contribution is 2.32. The zero-order chi connectivity index (χ0) is 14.2. The van der Waals surface area contributed by atoms with Crippen molar-refractivity contribution in [3.63, 3.8) is 0 Å². The summed E-state index contributed by atoms with van der Waals surface area (Å²) in [5.74, 6) is -0.802. The van der Waals surface area contributed by atoms with Gasteiger partial charge in [-0.15, -0.1) is 0 Å². The van der Waals surface area contributed by atoms with Crippen LogP contribution >= 0.6 is 0 Å². The number of rotatable bonds is 1. The number of amides is 1. The molecule has 2 heterocycles. The molecule has 2 atom stereocenters. The van der Waals surface area contributed by atoms with Gasteiger partial charge in [0.1, 0.15) is 6.04 Å². The van der Waals surface area contributed by atoms with E-state index in [-0.39, 0.29) is 25.1 Å². The lowest BCUT2D eigenvalue weighted by Gasteiger charge is -2.38. The van der Waals surface area contributed by atoms with Crippen molar-refractivity contribution in [2.75, 3.05) is 6.54 Å². The average molecular weight is 276 g/mol. The zero-order valence-corrected chi connectivity index (χ0v) is 10.4. The number of piperidine rings is 1. The number of halogens is 3. The van der Waals surface area contributed by atoms with E-state index in [1.54, 1.807) is 13.0 Å². The molecule has 1 amide bonds. The molecule has 1 saturated heterocycles. The third kappa shape index (κ3) is 2.75. The molecule has 1 fully saturated rings. The standard InChI is InChI=1S/C12H15F3N2O2/c1-7-4-5-19-10(7)11(18)17-6-8(16)2-3-9(17)12(13,14)15/h4-5,8-9H,2-3,6,16H2,1H3. The van der Waals surface area contributed by atoms with Crippen molar-refractivity contribution in [3.8, 4) is 0 Å². The van der Waals surface area contributed by atoms with E-state index in [0.29, 0.717) is 5.56 Å². The van der Waals surface area contributed by atoms with Crippen LogP contribution in [0.15, 0.2) is 16.7 Å². The van der Waals surface area contributed by atoms with Crippen molar-refractivity contribution in [1.82, 2.24) is 4.90 Å². The summed E-state index contributed by atoms with van der Waals surface area (Å²) in [6, 6.07) is -0.679. The van der Waals surface area contributed by atoms with Gasteiger partial charge in [-0.25, -0.2) is 0 Å². The maximum atomic E-state index is 13.0. The van der Waals surface area contributed by atoms with E-state index in [1.807, 2.05) is 0 Å². The molecule has 2 unspecified atom stereocenters. The van der Waals surface area contributed by atoms with Crippen LogP contribution < -0.4 is 5.73 Å². The van der Waals surface area contributed by atoms with E-state index in [1.165, 1.54) is 6.26 Å². The van der Waals surface area contributed by atoms with Gasteiger partial charge in [0.2, 0.25) is 0 Å². The molecule has 0 spiro atoms. The summed E-state index contributed by atoms with van der Waals surface area (Å²) in [6.07, 6.45) is -3.08. The summed E-state index contributed by atoms with van der Waals surface area (Å²) < 4.78 is 43.8. The Kier molecular flexibility index (Phi) is 3.58. The van der Waals surface area contributed by atoms with Gasteiger partial charge in [-0.2, -0.15) is 13.2 Å². The number of carbonyl (C=O) groups is 1. The van der Waals surface area contributed by atoms with Crippen LogP contribution in [0.2, 0.25) is 0 Å². The normalized spacial score (nSPS) is 24.6. The van der Waals surface area contributed by atoms with Gasteiger partial charge in [0.15, 0.2) is 5.76 Å². The Morgan fingerprint density at radius 2 is 2.16 bits per heavy atom. The van der Waals surface area contributed by atoms with Gasteiger partial charge in [-0.05, 0) is 25.8 Å². The molecule has 0 bridgehead atoms. The first kappa shape index (κ1) is 13.9. The van der Waals surface area contributed by atoms with Crippen molar-refractivity contribution in [2.45, 2.75) is 38.0 Å². The second-order valence-electron chi connectivity index (χ2n) is 4.79. The van der Waals surface area contributed by atoms with Crippen molar-refractivity contribution in [1.29, 1.82) is 0 Å². The van der Waals surface area contributed by atoms with Crippen LogP contribution in [-0.4, -0.2) is 35.6 Å². The van der Waals surface area contributed by atoms with Crippen molar-refractivity contribution in [2.24, 2.45) is 5.73 Å². The number of aryl methyl sites for hydroxylation is 1. The van der Waals surface area contributed by atoms with Crippen LogP contribution in [0, 0.1) is 6.92 Å². The topological polar surface area (TPSA) is 59.5 Å². The number of furan rings is 1. The fourth-order valence-corrected chi connectivity index (χ4v) is 2.29. The minimum atomic E-state index is -4.45. The third-order valence-electron chi connectivity index (χ3n) is 3.31. The van der Waals surface area contributed by atoms with E-state index in [4.69, 9.17) is 10.2 Å². The molecule has 0 saturated carbocycles. The highest BCUT2D eigenvalue weighted by atomic mass is 19.4. The van der Waals surface area contributed by atoms with E-state index >= 15 is 0 Å². The van der Waals surface area contributed by atoms with E-state index < -0.39 is 24.2 Å². The summed E-state index contributed by atoms with van der Waals surface area (Å²) >= 11 is 0. The third-order valence-corrected chi connectivity index (χ3v) is 3.31. The zero-order valence-electron chi connectivity index (χ0n) is 10.4. The van der Waals surface area contributed by atoms with Crippen molar-refractivity contribution >= 4 is 5.91 Å². The highest BCUT2D eigenvalue weighted by Gasteiger charge is 2.48. The second-order valence-corrected chi connectivity index (χ2v) is 4.79. The quantitative estimate of drug-likeness (QED) is 0.854. The Morgan fingerprint density at radius 3 is 2.68 bits per heavy atom. The molecule has 106 valence electrons. The number of nitrogens with two attached hydrogens (primary N) is 1. The van der Waals surface area contributed by atoms with Gasteiger partial charge in [-0.3, -0.25) is 4.79 Å². The molecule has 4 nitrogen and oxygen atoms in total. The van der Waals surface area contributed by atoms with Gasteiger partial charge in [0, 0.05) is 18.2 Å². The number of likely N-dealkylation sites (tertiary alicyclic amines) is 1. The number of nitrogens with zero attached hydrogens (tertiary/aromatic N) is 1. The first-order valence-electron chi connectivity index (χ1n) is 5.98. The molecule has 2 rings (SSSR count). The van der Waals surface area contributed by atoms with Crippen LogP contribution in [-0.2, 0) is 0 Å². The Morgan fingerprint density at radius 1 is 1.47 bits per heavy atom. The summed E-state index contributed by atoms with van der Waals surface area (Å²) in [5, 5.41) is 0. The van der Waals surface area contributed by atoms with Gasteiger partial charge in [0.25, 0.3) is 5.91 Å². The van der Waals surface area contributed by atoms with Crippen LogP contribution in [0.5, 0.6) is 0 Å². The largest absolute Gasteiger partial charge is 0.459 e. The summed E-state index contributed by atoms with van der Waals surface area (Å²) in [4.78, 5) is 12.9. The summed E-state index contributed by atoms with van der Waals surface area (Å²) in [6.45, 7) is 1.51. The molecule has 0 aromatic carbocycles. The predicted octanol–water partition coefficient (Wildman–Crippen LogP) is 2.08. The van der Waals surface area contributed by atoms with Crippen LogP contribution in [0.3, 0.4) is 0 Å². The van der Waals surface area contributed by atoms with Gasteiger partial charge in [-0.1, -0.05) is 0 Å². The van der Waals surface area contributed by atoms with Gasteiger partial charge in [0.05, 0.1) is 6.26 Å². The van der Waals surface area contributed by atoms with E-state index in [0.717, 1.165) is 4.90 Å². The highest BCUT2D eigenvalue weighted by molar-refractivity contribution is 5.93. The molecule has 7 heteroatoms. The molecule has 1 aliphatic rings. The number of alkyl halides is 3. The molecule has 0 radical (unpaired) electrons. The summed E-state index contributed by atoms with van der Waals surface area (Å²) in [5.41, 5.74) is 6.19. The SMILES string of the molecule is Cc1ccoc1C(=O)N1CC(N)CCC1C(F)(F)F. The Labute approximate surface area is 108 Å². The lowest BCUT2D eigenvalue weighted by molar-refractivity contribution is -0.184. The van der Waals surface area contributed by atoms with E-state index in [9.17, 15) is 18.0 Å². The lowest BCUT2D eigenvalue weighted by Crippen LogP contribution is -2.56. The molecule has 1 aromatic heterocycles. The van der Waals surface area contributed by atoms with Crippen LogP contribution in [0.1, 0.15) is 29.0 Å². The molecular formula is C12H15F3N2O2. The minimum absolute atomic E-state index is 0.0525. The molecule has 2 N–H and O–H groups in total. The minimum Gasteiger partial charge on any atom is -0.459 e.